The van der Waals surface area contributed by atoms with E-state index in [0.29, 0.717) is 17.1 Å². The molecule has 0 amide bonds. The van der Waals surface area contributed by atoms with Crippen molar-refractivity contribution in [2.24, 2.45) is 7.05 Å². The highest BCUT2D eigenvalue weighted by atomic mass is 16.3. The lowest BCUT2D eigenvalue weighted by molar-refractivity contribution is 0.242. The summed E-state index contributed by atoms with van der Waals surface area (Å²) in [4.78, 5) is 9.01. The number of nitrogens with zero attached hydrogens (tertiary/aromatic N) is 6. The maximum Gasteiger partial charge on any atom is 0.169 e. The number of hydrogen-bond donors (Lipinski definition) is 2. The van der Waals surface area contributed by atoms with Gasteiger partial charge in [-0.3, -0.25) is 4.90 Å². The molecule has 3 aromatic rings. The van der Waals surface area contributed by atoms with E-state index in [0.717, 1.165) is 44.2 Å². The van der Waals surface area contributed by atoms with Crippen LogP contribution >= 0.6 is 0 Å². The smallest absolute Gasteiger partial charge is 0.169 e. The Balaban J connectivity index is 1.49. The molecule has 4 rings (SSSR count). The van der Waals surface area contributed by atoms with E-state index in [1.165, 1.54) is 0 Å². The number of benzene rings is 1. The van der Waals surface area contributed by atoms with E-state index in [1.54, 1.807) is 12.1 Å². The van der Waals surface area contributed by atoms with Crippen molar-refractivity contribution in [2.75, 3.05) is 36.8 Å². The van der Waals surface area contributed by atoms with Gasteiger partial charge >= 0.3 is 0 Å². The van der Waals surface area contributed by atoms with Gasteiger partial charge in [0.25, 0.3) is 0 Å². The number of imidazole rings is 1. The second-order valence-corrected chi connectivity index (χ2v) is 6.73. The van der Waals surface area contributed by atoms with Crippen molar-refractivity contribution in [1.82, 2.24) is 24.6 Å². The summed E-state index contributed by atoms with van der Waals surface area (Å²) in [6, 6.07) is 9.02. The number of phenolic OH excluding ortho intramolecular Hbond substituents is 1. The summed E-state index contributed by atoms with van der Waals surface area (Å²) < 4.78 is 2.05. The fourth-order valence-electron chi connectivity index (χ4n) is 3.36. The maximum absolute atomic E-state index is 10.1. The minimum absolute atomic E-state index is 0.183. The SMILES string of the molecule is Cn1ccnc1CN1CCN(c2cc(-c3ccccc3O)nnc2N)CC1. The molecule has 1 fully saturated rings. The summed E-state index contributed by atoms with van der Waals surface area (Å²) in [5, 5.41) is 18.4. The number of phenols is 1. The highest BCUT2D eigenvalue weighted by Gasteiger charge is 2.21. The second kappa shape index (κ2) is 7.24. The Labute approximate surface area is 157 Å². The summed E-state index contributed by atoms with van der Waals surface area (Å²) in [6.07, 6.45) is 3.80. The molecule has 8 heteroatoms. The van der Waals surface area contributed by atoms with Gasteiger partial charge in [-0.2, -0.15) is 0 Å². The van der Waals surface area contributed by atoms with Crippen LogP contribution in [-0.4, -0.2) is 55.9 Å². The average Bonchev–Trinajstić information content (AvgIpc) is 3.08. The molecule has 0 aliphatic carbocycles. The number of aryl methyl sites for hydroxylation is 1. The predicted molar refractivity (Wildman–Crippen MR) is 104 cm³/mol. The molecular formula is C19H23N7O. The molecule has 27 heavy (non-hydrogen) atoms. The van der Waals surface area contributed by atoms with Crippen molar-refractivity contribution < 1.29 is 5.11 Å². The maximum atomic E-state index is 10.1. The first-order valence-corrected chi connectivity index (χ1v) is 8.97. The first-order valence-electron chi connectivity index (χ1n) is 8.97. The lowest BCUT2D eigenvalue weighted by Gasteiger charge is -2.36. The van der Waals surface area contributed by atoms with E-state index in [4.69, 9.17) is 5.73 Å². The van der Waals surface area contributed by atoms with Gasteiger partial charge < -0.3 is 20.3 Å². The number of piperazine rings is 1. The van der Waals surface area contributed by atoms with Crippen LogP contribution in [0.5, 0.6) is 5.75 Å². The third kappa shape index (κ3) is 3.56. The van der Waals surface area contributed by atoms with Crippen LogP contribution in [0, 0.1) is 0 Å². The van der Waals surface area contributed by atoms with Crippen LogP contribution in [0.15, 0.2) is 42.7 Å². The quantitative estimate of drug-likeness (QED) is 0.723. The topological polar surface area (TPSA) is 96.3 Å². The molecule has 0 unspecified atom stereocenters. The standard InChI is InChI=1S/C19H23N7O/c1-24-7-6-21-18(24)13-25-8-10-26(11-9-25)16-12-15(22-23-19(16)20)14-4-2-3-5-17(14)27/h2-7,12,27H,8-11,13H2,1H3,(H2,20,23). The zero-order chi connectivity index (χ0) is 18.8. The normalized spacial score (nSPS) is 15.2. The van der Waals surface area contributed by atoms with E-state index in [-0.39, 0.29) is 5.75 Å². The van der Waals surface area contributed by atoms with Gasteiger partial charge in [0.2, 0.25) is 0 Å². The minimum atomic E-state index is 0.183. The Morgan fingerprint density at radius 3 is 2.59 bits per heavy atom. The fraction of sp³-hybridized carbons (Fsp3) is 0.316. The predicted octanol–water partition coefficient (Wildman–Crippen LogP) is 1.49. The molecule has 0 saturated carbocycles. The summed E-state index contributed by atoms with van der Waals surface area (Å²) in [5.74, 6) is 1.66. The van der Waals surface area contributed by atoms with E-state index < -0.39 is 0 Å². The van der Waals surface area contributed by atoms with Gasteiger partial charge in [-0.25, -0.2) is 4.98 Å². The fourth-order valence-corrected chi connectivity index (χ4v) is 3.36. The molecule has 1 aliphatic rings. The Hall–Kier alpha value is -3.13. The van der Waals surface area contributed by atoms with Crippen molar-refractivity contribution >= 4 is 11.5 Å². The van der Waals surface area contributed by atoms with Crippen LogP contribution in [0.3, 0.4) is 0 Å². The number of aromatic nitrogens is 4. The third-order valence-electron chi connectivity index (χ3n) is 4.98. The van der Waals surface area contributed by atoms with Gasteiger partial charge in [-0.1, -0.05) is 12.1 Å². The molecule has 3 heterocycles. The number of nitrogen functional groups attached to an aromatic ring is 1. The van der Waals surface area contributed by atoms with Gasteiger partial charge in [0.15, 0.2) is 5.82 Å². The zero-order valence-electron chi connectivity index (χ0n) is 15.3. The molecule has 3 N–H and O–H groups in total. The van der Waals surface area contributed by atoms with E-state index in [9.17, 15) is 5.11 Å². The lowest BCUT2D eigenvalue weighted by Crippen LogP contribution is -2.46. The lowest BCUT2D eigenvalue weighted by atomic mass is 10.1. The molecule has 0 radical (unpaired) electrons. The van der Waals surface area contributed by atoms with Crippen LogP contribution in [0.2, 0.25) is 0 Å². The van der Waals surface area contributed by atoms with Crippen molar-refractivity contribution in [2.45, 2.75) is 6.54 Å². The Kier molecular flexibility index (Phi) is 4.64. The highest BCUT2D eigenvalue weighted by molar-refractivity contribution is 5.74. The third-order valence-corrected chi connectivity index (χ3v) is 4.98. The van der Waals surface area contributed by atoms with Crippen molar-refractivity contribution in [3.8, 4) is 17.0 Å². The Morgan fingerprint density at radius 1 is 1.11 bits per heavy atom. The summed E-state index contributed by atoms with van der Waals surface area (Å²) in [5.41, 5.74) is 8.23. The van der Waals surface area contributed by atoms with Crippen LogP contribution in [0.25, 0.3) is 11.3 Å². The van der Waals surface area contributed by atoms with Crippen LogP contribution in [-0.2, 0) is 13.6 Å². The molecule has 1 saturated heterocycles. The van der Waals surface area contributed by atoms with Crippen LogP contribution in [0.1, 0.15) is 5.82 Å². The molecular weight excluding hydrogens is 342 g/mol. The van der Waals surface area contributed by atoms with Crippen molar-refractivity contribution in [1.29, 1.82) is 0 Å². The molecule has 8 nitrogen and oxygen atoms in total. The van der Waals surface area contributed by atoms with Crippen molar-refractivity contribution in [3.63, 3.8) is 0 Å². The largest absolute Gasteiger partial charge is 0.507 e. The number of nitrogens with two attached hydrogens (primary N) is 1. The highest BCUT2D eigenvalue weighted by Crippen LogP contribution is 2.31. The van der Waals surface area contributed by atoms with Crippen LogP contribution < -0.4 is 10.6 Å². The van der Waals surface area contributed by atoms with E-state index >= 15 is 0 Å². The Bertz CT molecular complexity index is 931. The molecule has 1 aromatic carbocycles. The molecule has 1 aliphatic heterocycles. The van der Waals surface area contributed by atoms with E-state index in [1.807, 2.05) is 37.6 Å². The second-order valence-electron chi connectivity index (χ2n) is 6.73. The zero-order valence-corrected chi connectivity index (χ0v) is 15.3. The average molecular weight is 365 g/mol. The van der Waals surface area contributed by atoms with Gasteiger partial charge in [0.1, 0.15) is 11.6 Å². The molecule has 2 aromatic heterocycles. The summed E-state index contributed by atoms with van der Waals surface area (Å²) in [7, 11) is 2.02. The van der Waals surface area contributed by atoms with Crippen LogP contribution in [0.4, 0.5) is 11.5 Å². The summed E-state index contributed by atoms with van der Waals surface area (Å²) in [6.45, 7) is 4.37. The van der Waals surface area contributed by atoms with Crippen molar-refractivity contribution in [3.05, 3.63) is 48.5 Å². The number of rotatable bonds is 4. The first-order chi connectivity index (χ1) is 13.1. The monoisotopic (exact) mass is 365 g/mol. The number of para-hydroxylation sites is 1. The molecule has 140 valence electrons. The molecule has 0 bridgehead atoms. The Morgan fingerprint density at radius 2 is 1.89 bits per heavy atom. The number of hydrogen-bond acceptors (Lipinski definition) is 7. The van der Waals surface area contributed by atoms with Gasteiger partial charge in [-0.05, 0) is 18.2 Å². The minimum Gasteiger partial charge on any atom is -0.507 e. The van der Waals surface area contributed by atoms with Gasteiger partial charge in [-0.15, -0.1) is 10.2 Å². The first kappa shape index (κ1) is 17.3. The molecule has 0 atom stereocenters. The number of anilines is 2. The van der Waals surface area contributed by atoms with E-state index in [2.05, 4.69) is 29.5 Å². The molecule has 0 spiro atoms. The number of aromatic hydroxyl groups is 1. The summed E-state index contributed by atoms with van der Waals surface area (Å²) >= 11 is 0. The van der Waals surface area contributed by atoms with Gasteiger partial charge in [0.05, 0.1) is 17.9 Å². The van der Waals surface area contributed by atoms with Gasteiger partial charge in [0, 0.05) is 51.2 Å².